The lowest BCUT2D eigenvalue weighted by Gasteiger charge is -2.18. The van der Waals surface area contributed by atoms with Gasteiger partial charge in [0, 0.05) is 18.8 Å². The number of nitrogens with zero attached hydrogens (tertiary/aromatic N) is 2. The molecule has 112 valence electrons. The summed E-state index contributed by atoms with van der Waals surface area (Å²) in [6.07, 6.45) is 9.32. The maximum atomic E-state index is 5.66. The van der Waals surface area contributed by atoms with E-state index in [9.17, 15) is 0 Å². The minimum absolute atomic E-state index is 0.354. The molecule has 4 nitrogen and oxygen atoms in total. The highest BCUT2D eigenvalue weighted by Crippen LogP contribution is 2.42. The van der Waals surface area contributed by atoms with E-state index in [2.05, 4.69) is 37.4 Å². The molecule has 3 unspecified atom stereocenters. The van der Waals surface area contributed by atoms with Crippen LogP contribution >= 0.6 is 0 Å². The third kappa shape index (κ3) is 3.17. The first-order chi connectivity index (χ1) is 9.52. The van der Waals surface area contributed by atoms with Crippen LogP contribution in [0.5, 0.6) is 0 Å². The van der Waals surface area contributed by atoms with Gasteiger partial charge in [0.05, 0.1) is 24.5 Å². The van der Waals surface area contributed by atoms with E-state index in [1.807, 2.05) is 10.9 Å². The Morgan fingerprint density at radius 1 is 1.45 bits per heavy atom. The van der Waals surface area contributed by atoms with Crippen LogP contribution in [0.3, 0.4) is 0 Å². The maximum absolute atomic E-state index is 5.66. The molecule has 1 aliphatic heterocycles. The van der Waals surface area contributed by atoms with E-state index >= 15 is 0 Å². The van der Waals surface area contributed by atoms with E-state index in [1.54, 1.807) is 0 Å². The SMILES string of the molecule is CC1CC(C)(C)CC1Nc1cnn(CC2CCCO2)c1. The summed E-state index contributed by atoms with van der Waals surface area (Å²) in [4.78, 5) is 0. The zero-order valence-corrected chi connectivity index (χ0v) is 12.9. The lowest BCUT2D eigenvalue weighted by Crippen LogP contribution is -2.22. The van der Waals surface area contributed by atoms with Gasteiger partial charge in [-0.3, -0.25) is 4.68 Å². The lowest BCUT2D eigenvalue weighted by atomic mass is 9.91. The van der Waals surface area contributed by atoms with Gasteiger partial charge in [0.25, 0.3) is 0 Å². The Bertz CT molecular complexity index is 448. The van der Waals surface area contributed by atoms with Crippen LogP contribution in [0, 0.1) is 11.3 Å². The molecule has 0 aromatic carbocycles. The minimum Gasteiger partial charge on any atom is -0.379 e. The Labute approximate surface area is 121 Å². The molecule has 3 atom stereocenters. The first-order valence-electron chi connectivity index (χ1n) is 7.92. The Hall–Kier alpha value is -1.03. The maximum Gasteiger partial charge on any atom is 0.0771 e. The summed E-state index contributed by atoms with van der Waals surface area (Å²) < 4.78 is 7.68. The molecule has 1 saturated carbocycles. The van der Waals surface area contributed by atoms with Gasteiger partial charge in [-0.05, 0) is 37.0 Å². The lowest BCUT2D eigenvalue weighted by molar-refractivity contribution is 0.0940. The van der Waals surface area contributed by atoms with Crippen molar-refractivity contribution >= 4 is 5.69 Å². The van der Waals surface area contributed by atoms with Gasteiger partial charge in [-0.25, -0.2) is 0 Å². The van der Waals surface area contributed by atoms with Crippen LogP contribution < -0.4 is 5.32 Å². The fraction of sp³-hybridized carbons (Fsp3) is 0.812. The Morgan fingerprint density at radius 2 is 2.30 bits per heavy atom. The van der Waals surface area contributed by atoms with Crippen LogP contribution in [-0.4, -0.2) is 28.5 Å². The molecule has 4 heteroatoms. The van der Waals surface area contributed by atoms with Crippen molar-refractivity contribution in [2.24, 2.45) is 11.3 Å². The number of rotatable bonds is 4. The zero-order valence-electron chi connectivity index (χ0n) is 12.9. The fourth-order valence-corrected chi connectivity index (χ4v) is 3.84. The molecule has 3 rings (SSSR count). The molecule has 1 N–H and O–H groups in total. The van der Waals surface area contributed by atoms with Gasteiger partial charge in [0.15, 0.2) is 0 Å². The summed E-state index contributed by atoms with van der Waals surface area (Å²) in [7, 11) is 0. The van der Waals surface area contributed by atoms with Crippen molar-refractivity contribution in [2.45, 2.75) is 65.1 Å². The normalized spacial score (nSPS) is 32.6. The molecule has 2 aliphatic rings. The third-order valence-corrected chi connectivity index (χ3v) is 4.73. The summed E-state index contributed by atoms with van der Waals surface area (Å²) in [6, 6.07) is 0.574. The highest BCUT2D eigenvalue weighted by molar-refractivity contribution is 5.40. The molecule has 0 radical (unpaired) electrons. The molecule has 0 amide bonds. The number of anilines is 1. The molecule has 1 saturated heterocycles. The van der Waals surface area contributed by atoms with Crippen molar-refractivity contribution in [1.82, 2.24) is 9.78 Å². The van der Waals surface area contributed by atoms with E-state index in [0.29, 0.717) is 17.6 Å². The average molecular weight is 277 g/mol. The second kappa shape index (κ2) is 5.40. The molecular weight excluding hydrogens is 250 g/mol. The first kappa shape index (κ1) is 13.9. The van der Waals surface area contributed by atoms with Crippen LogP contribution in [-0.2, 0) is 11.3 Å². The zero-order chi connectivity index (χ0) is 14.2. The molecular formula is C16H27N3O. The van der Waals surface area contributed by atoms with Crippen LogP contribution in [0.1, 0.15) is 46.5 Å². The van der Waals surface area contributed by atoms with E-state index in [0.717, 1.165) is 31.2 Å². The minimum atomic E-state index is 0.354. The molecule has 1 aromatic rings. The number of nitrogens with one attached hydrogen (secondary N) is 1. The number of hydrogen-bond donors (Lipinski definition) is 1. The molecule has 0 spiro atoms. The van der Waals surface area contributed by atoms with Crippen molar-refractivity contribution in [3.63, 3.8) is 0 Å². The van der Waals surface area contributed by atoms with Gasteiger partial charge in [-0.15, -0.1) is 0 Å². The van der Waals surface area contributed by atoms with Crippen LogP contribution in [0.2, 0.25) is 0 Å². The quantitative estimate of drug-likeness (QED) is 0.918. The predicted octanol–water partition coefficient (Wildman–Crippen LogP) is 3.30. The Morgan fingerprint density at radius 3 is 2.95 bits per heavy atom. The number of hydrogen-bond acceptors (Lipinski definition) is 3. The van der Waals surface area contributed by atoms with E-state index in [4.69, 9.17) is 4.74 Å². The van der Waals surface area contributed by atoms with Crippen LogP contribution in [0.15, 0.2) is 12.4 Å². The summed E-state index contributed by atoms with van der Waals surface area (Å²) in [6.45, 7) is 8.88. The summed E-state index contributed by atoms with van der Waals surface area (Å²) >= 11 is 0. The van der Waals surface area contributed by atoms with Gasteiger partial charge < -0.3 is 10.1 Å². The third-order valence-electron chi connectivity index (χ3n) is 4.73. The highest BCUT2D eigenvalue weighted by atomic mass is 16.5. The van der Waals surface area contributed by atoms with E-state index in [1.165, 1.54) is 19.3 Å². The van der Waals surface area contributed by atoms with Crippen molar-refractivity contribution in [3.8, 4) is 0 Å². The highest BCUT2D eigenvalue weighted by Gasteiger charge is 2.36. The molecule has 0 bridgehead atoms. The van der Waals surface area contributed by atoms with Crippen LogP contribution in [0.25, 0.3) is 0 Å². The van der Waals surface area contributed by atoms with E-state index in [-0.39, 0.29) is 0 Å². The second-order valence-corrected chi connectivity index (χ2v) is 7.39. The Kier molecular flexibility index (Phi) is 3.76. The monoisotopic (exact) mass is 277 g/mol. The summed E-state index contributed by atoms with van der Waals surface area (Å²) in [5.74, 6) is 0.728. The molecule has 2 heterocycles. The average Bonchev–Trinajstić information content (AvgIpc) is 3.04. The number of ether oxygens (including phenoxy) is 1. The largest absolute Gasteiger partial charge is 0.379 e. The van der Waals surface area contributed by atoms with Gasteiger partial charge in [0.2, 0.25) is 0 Å². The molecule has 20 heavy (non-hydrogen) atoms. The topological polar surface area (TPSA) is 39.1 Å². The van der Waals surface area contributed by atoms with Crippen molar-refractivity contribution in [2.75, 3.05) is 11.9 Å². The second-order valence-electron chi connectivity index (χ2n) is 7.39. The molecule has 1 aliphatic carbocycles. The summed E-state index contributed by atoms with van der Waals surface area (Å²) in [5, 5.41) is 8.12. The summed E-state index contributed by atoms with van der Waals surface area (Å²) in [5.41, 5.74) is 1.61. The molecule has 1 aromatic heterocycles. The predicted molar refractivity (Wildman–Crippen MR) is 80.8 cm³/mol. The van der Waals surface area contributed by atoms with Gasteiger partial charge >= 0.3 is 0 Å². The van der Waals surface area contributed by atoms with Crippen molar-refractivity contribution in [1.29, 1.82) is 0 Å². The van der Waals surface area contributed by atoms with Gasteiger partial charge in [-0.2, -0.15) is 5.10 Å². The van der Waals surface area contributed by atoms with Crippen molar-refractivity contribution in [3.05, 3.63) is 12.4 Å². The van der Waals surface area contributed by atoms with Crippen LogP contribution in [0.4, 0.5) is 5.69 Å². The smallest absolute Gasteiger partial charge is 0.0771 e. The van der Waals surface area contributed by atoms with E-state index < -0.39 is 0 Å². The standard InChI is InChI=1S/C16H27N3O/c1-12-7-16(2,3)8-15(12)18-13-9-17-19(10-13)11-14-5-4-6-20-14/h9-10,12,14-15,18H,4-8,11H2,1-3H3. The van der Waals surface area contributed by atoms with Gasteiger partial charge in [0.1, 0.15) is 0 Å². The number of aromatic nitrogens is 2. The first-order valence-corrected chi connectivity index (χ1v) is 7.92. The molecule has 2 fully saturated rings. The van der Waals surface area contributed by atoms with Crippen molar-refractivity contribution < 1.29 is 4.74 Å². The Balaban J connectivity index is 1.57. The van der Waals surface area contributed by atoms with Gasteiger partial charge in [-0.1, -0.05) is 20.8 Å². The fourth-order valence-electron chi connectivity index (χ4n) is 3.84.